The predicted molar refractivity (Wildman–Crippen MR) is 126 cm³/mol. The molecule has 0 aromatic heterocycles. The Labute approximate surface area is 190 Å². The molecule has 1 unspecified atom stereocenters. The quantitative estimate of drug-likeness (QED) is 0.579. The van der Waals surface area contributed by atoms with E-state index in [1.807, 2.05) is 24.1 Å². The molecule has 1 heterocycles. The monoisotopic (exact) mass is 462 g/mol. The second-order valence-electron chi connectivity index (χ2n) is 9.20. The van der Waals surface area contributed by atoms with E-state index >= 15 is 0 Å². The van der Waals surface area contributed by atoms with Gasteiger partial charge in [0.25, 0.3) is 0 Å². The Morgan fingerprint density at radius 3 is 2.00 bits per heavy atom. The Hall–Kier alpha value is -2.09. The number of hydrogen-bond acceptors (Lipinski definition) is 4. The van der Waals surface area contributed by atoms with Gasteiger partial charge in [-0.2, -0.15) is 0 Å². The molecule has 1 aliphatic rings. The van der Waals surface area contributed by atoms with Crippen LogP contribution in [0.1, 0.15) is 50.4 Å². The first kappa shape index (κ1) is 24.6. The number of halogens is 2. The van der Waals surface area contributed by atoms with Gasteiger partial charge in [-0.3, -0.25) is 9.80 Å². The molecule has 0 amide bonds. The Morgan fingerprint density at radius 2 is 1.56 bits per heavy atom. The maximum atomic E-state index is 13.8. The molecule has 1 fully saturated rings. The average Bonchev–Trinajstić information content (AvgIpc) is 2.64. The first-order valence-corrected chi connectivity index (χ1v) is 12.7. The van der Waals surface area contributed by atoms with E-state index < -0.39 is 21.5 Å². The van der Waals surface area contributed by atoms with Crippen molar-refractivity contribution in [1.29, 1.82) is 0 Å². The maximum absolute atomic E-state index is 13.8. The highest BCUT2D eigenvalue weighted by Gasteiger charge is 2.37. The van der Waals surface area contributed by atoms with E-state index in [0.29, 0.717) is 24.2 Å². The summed E-state index contributed by atoms with van der Waals surface area (Å²) in [5, 5.41) is 0. The van der Waals surface area contributed by atoms with Crippen molar-refractivity contribution in [3.63, 3.8) is 0 Å². The zero-order valence-corrected chi connectivity index (χ0v) is 20.4. The summed E-state index contributed by atoms with van der Waals surface area (Å²) in [6.45, 7) is 9.96. The van der Waals surface area contributed by atoms with Crippen LogP contribution in [0.4, 0.5) is 8.78 Å². The number of hydrogen-bond donors (Lipinski definition) is 0. The molecule has 0 saturated carbocycles. The lowest BCUT2D eigenvalue weighted by Crippen LogP contribution is -2.41. The Kier molecular flexibility index (Phi) is 7.22. The molecule has 174 valence electrons. The van der Waals surface area contributed by atoms with E-state index in [9.17, 15) is 17.2 Å². The number of benzene rings is 2. The van der Waals surface area contributed by atoms with E-state index in [4.69, 9.17) is 0 Å². The molecule has 0 N–H and O–H groups in total. The minimum Gasteiger partial charge on any atom is -0.294 e. The zero-order valence-electron chi connectivity index (χ0n) is 19.6. The first-order valence-electron chi connectivity index (χ1n) is 10.8. The highest BCUT2D eigenvalue weighted by atomic mass is 32.2. The molecule has 0 aliphatic carbocycles. The van der Waals surface area contributed by atoms with Crippen LogP contribution >= 0.6 is 0 Å². The fourth-order valence-corrected chi connectivity index (χ4v) is 5.75. The topological polar surface area (TPSA) is 40.6 Å². The smallest absolute Gasteiger partial charge is 0.176 e. The number of sulfone groups is 1. The van der Waals surface area contributed by atoms with Crippen LogP contribution in [0.2, 0.25) is 0 Å². The van der Waals surface area contributed by atoms with Crippen LogP contribution in [0, 0.1) is 11.6 Å². The van der Waals surface area contributed by atoms with Gasteiger partial charge < -0.3 is 0 Å². The van der Waals surface area contributed by atoms with Gasteiger partial charge in [-0.05, 0) is 69.1 Å². The molecule has 0 radical (unpaired) electrons. The highest BCUT2D eigenvalue weighted by molar-refractivity contribution is 8.00. The second kappa shape index (κ2) is 9.41. The van der Waals surface area contributed by atoms with E-state index in [0.717, 1.165) is 36.6 Å². The standard InChI is InChI=1S/C25H32F2N2O2S/c1-16(2)29(17(3)4)14-18-7-9-19(10-8-18)24-23(15-28(24)5)25(32(6,30)31)20-11-21(26)13-22(27)12-20/h7-13,16-17,24H,14-15H2,1-6H3. The van der Waals surface area contributed by atoms with Crippen molar-refractivity contribution in [3.05, 3.63) is 76.4 Å². The van der Waals surface area contributed by atoms with E-state index in [1.165, 1.54) is 5.56 Å². The number of nitrogens with zero attached hydrogens (tertiary/aromatic N) is 2. The van der Waals surface area contributed by atoms with Gasteiger partial charge in [0.15, 0.2) is 9.84 Å². The van der Waals surface area contributed by atoms with Crippen molar-refractivity contribution < 1.29 is 17.2 Å². The first-order chi connectivity index (χ1) is 14.9. The number of likely N-dealkylation sites (tertiary alicyclic amines) is 1. The van der Waals surface area contributed by atoms with Gasteiger partial charge in [0.05, 0.1) is 10.9 Å². The lowest BCUT2D eigenvalue weighted by Gasteiger charge is -2.42. The Bertz CT molecular complexity index is 1080. The molecule has 1 aliphatic heterocycles. The third kappa shape index (κ3) is 5.27. The molecule has 7 heteroatoms. The van der Waals surface area contributed by atoms with Crippen LogP contribution in [0.25, 0.3) is 4.91 Å². The molecule has 1 saturated heterocycles. The molecule has 0 spiro atoms. The lowest BCUT2D eigenvalue weighted by atomic mass is 9.87. The summed E-state index contributed by atoms with van der Waals surface area (Å²) in [7, 11) is -1.80. The minimum absolute atomic E-state index is 0.00821. The summed E-state index contributed by atoms with van der Waals surface area (Å²) >= 11 is 0. The van der Waals surface area contributed by atoms with Crippen molar-refractivity contribution in [2.45, 2.75) is 52.4 Å². The van der Waals surface area contributed by atoms with E-state index in [2.05, 4.69) is 44.7 Å². The van der Waals surface area contributed by atoms with Gasteiger partial charge >= 0.3 is 0 Å². The highest BCUT2D eigenvalue weighted by Crippen LogP contribution is 2.43. The van der Waals surface area contributed by atoms with Gasteiger partial charge in [0.2, 0.25) is 0 Å². The summed E-state index contributed by atoms with van der Waals surface area (Å²) in [6, 6.07) is 11.7. The second-order valence-corrected chi connectivity index (χ2v) is 11.2. The predicted octanol–water partition coefficient (Wildman–Crippen LogP) is 5.03. The molecule has 3 rings (SSSR count). The van der Waals surface area contributed by atoms with Crippen LogP contribution in [0.5, 0.6) is 0 Å². The van der Waals surface area contributed by atoms with Crippen molar-refractivity contribution in [1.82, 2.24) is 9.80 Å². The third-order valence-corrected chi connectivity index (χ3v) is 7.20. The maximum Gasteiger partial charge on any atom is 0.176 e. The van der Waals surface area contributed by atoms with Crippen molar-refractivity contribution in [2.24, 2.45) is 0 Å². The molecular formula is C25H32F2N2O2S. The normalized spacial score (nSPS) is 19.0. The molecule has 2 aromatic carbocycles. The summed E-state index contributed by atoms with van der Waals surface area (Å²) in [6.07, 6.45) is 1.09. The SMILES string of the molecule is CC(C)N(Cc1ccc(C2C(=C(c3cc(F)cc(F)c3)S(C)(=O)=O)CN2C)cc1)C(C)C. The summed E-state index contributed by atoms with van der Waals surface area (Å²) in [4.78, 5) is 4.43. The summed E-state index contributed by atoms with van der Waals surface area (Å²) < 4.78 is 53.0. The van der Waals surface area contributed by atoms with Crippen molar-refractivity contribution >= 4 is 14.7 Å². The van der Waals surface area contributed by atoms with Crippen LogP contribution in [0.15, 0.2) is 48.0 Å². The molecular weight excluding hydrogens is 430 g/mol. The summed E-state index contributed by atoms with van der Waals surface area (Å²) in [5.74, 6) is -1.59. The number of likely N-dealkylation sites (N-methyl/N-ethyl adjacent to an activating group) is 1. The van der Waals surface area contributed by atoms with Crippen LogP contribution < -0.4 is 0 Å². The third-order valence-electron chi connectivity index (χ3n) is 5.96. The molecule has 1 atom stereocenters. The van der Waals surface area contributed by atoms with Crippen LogP contribution in [-0.2, 0) is 16.4 Å². The average molecular weight is 463 g/mol. The van der Waals surface area contributed by atoms with Gasteiger partial charge in [0, 0.05) is 37.5 Å². The van der Waals surface area contributed by atoms with E-state index in [-0.39, 0.29) is 16.5 Å². The molecule has 4 nitrogen and oxygen atoms in total. The van der Waals surface area contributed by atoms with Crippen molar-refractivity contribution in [2.75, 3.05) is 19.8 Å². The minimum atomic E-state index is -3.71. The number of rotatable bonds is 7. The largest absolute Gasteiger partial charge is 0.294 e. The van der Waals surface area contributed by atoms with Gasteiger partial charge in [-0.15, -0.1) is 0 Å². The Balaban J connectivity index is 1.99. The van der Waals surface area contributed by atoms with Gasteiger partial charge in [-0.1, -0.05) is 24.3 Å². The van der Waals surface area contributed by atoms with Gasteiger partial charge in [-0.25, -0.2) is 17.2 Å². The zero-order chi connectivity index (χ0) is 23.8. The van der Waals surface area contributed by atoms with Gasteiger partial charge in [0.1, 0.15) is 11.6 Å². The Morgan fingerprint density at radius 1 is 1.03 bits per heavy atom. The summed E-state index contributed by atoms with van der Waals surface area (Å²) in [5.41, 5.74) is 2.84. The van der Waals surface area contributed by atoms with Crippen LogP contribution in [0.3, 0.4) is 0 Å². The molecule has 0 bridgehead atoms. The molecule has 2 aromatic rings. The molecule has 32 heavy (non-hydrogen) atoms. The van der Waals surface area contributed by atoms with E-state index in [1.54, 1.807) is 0 Å². The fourth-order valence-electron chi connectivity index (χ4n) is 4.55. The fraction of sp³-hybridized carbons (Fsp3) is 0.440. The van der Waals surface area contributed by atoms with Crippen molar-refractivity contribution in [3.8, 4) is 0 Å². The lowest BCUT2D eigenvalue weighted by molar-refractivity contribution is 0.166. The van der Waals surface area contributed by atoms with Crippen LogP contribution in [-0.4, -0.2) is 50.1 Å².